The molecule has 0 saturated carbocycles. The monoisotopic (exact) mass is 372 g/mol. The smallest absolute Gasteiger partial charge is 0.248 e. The molecule has 0 spiro atoms. The summed E-state index contributed by atoms with van der Waals surface area (Å²) in [7, 11) is -3.46. The van der Waals surface area contributed by atoms with Crippen molar-refractivity contribution in [3.8, 4) is 0 Å². The van der Waals surface area contributed by atoms with Crippen molar-refractivity contribution in [2.75, 3.05) is 18.4 Å². The number of anilines is 1. The zero-order chi connectivity index (χ0) is 19.2. The predicted octanol–water partition coefficient (Wildman–Crippen LogP) is 3.68. The highest BCUT2D eigenvalue weighted by molar-refractivity contribution is 7.89. The van der Waals surface area contributed by atoms with Gasteiger partial charge in [-0.3, -0.25) is 4.79 Å². The number of benzene rings is 2. The van der Waals surface area contributed by atoms with E-state index in [2.05, 4.69) is 5.32 Å². The number of aryl methyl sites for hydroxylation is 1. The van der Waals surface area contributed by atoms with Crippen LogP contribution < -0.4 is 5.32 Å². The molecule has 6 heteroatoms. The number of hydrogen-bond acceptors (Lipinski definition) is 3. The summed E-state index contributed by atoms with van der Waals surface area (Å²) in [6.45, 7) is 6.44. The first-order chi connectivity index (χ1) is 12.4. The van der Waals surface area contributed by atoms with Gasteiger partial charge in [0.05, 0.1) is 4.90 Å². The Hall–Kier alpha value is -2.44. The standard InChI is InChI=1S/C20H24N2O3S/c1-4-22(5-2)26(24,25)19-12-9-17(10-13-19)11-14-20(23)21-18-8-6-7-16(3)15-18/h6-15H,4-5H2,1-3H3,(H,21,23)/b14-11+. The van der Waals surface area contributed by atoms with Gasteiger partial charge in [0, 0.05) is 24.9 Å². The average molecular weight is 372 g/mol. The molecule has 0 unspecified atom stereocenters. The van der Waals surface area contributed by atoms with E-state index in [4.69, 9.17) is 0 Å². The van der Waals surface area contributed by atoms with E-state index in [0.29, 0.717) is 13.1 Å². The van der Waals surface area contributed by atoms with E-state index in [1.165, 1.54) is 10.4 Å². The third-order valence-corrected chi connectivity index (χ3v) is 6.00. The van der Waals surface area contributed by atoms with Gasteiger partial charge in [0.1, 0.15) is 0 Å². The van der Waals surface area contributed by atoms with Gasteiger partial charge in [-0.2, -0.15) is 4.31 Å². The number of nitrogens with one attached hydrogen (secondary N) is 1. The highest BCUT2D eigenvalue weighted by Crippen LogP contribution is 2.17. The lowest BCUT2D eigenvalue weighted by Gasteiger charge is -2.18. The first kappa shape index (κ1) is 19.9. The summed E-state index contributed by atoms with van der Waals surface area (Å²) in [6, 6.07) is 14.0. The Kier molecular flexibility index (Phi) is 6.71. The molecule has 5 nitrogen and oxygen atoms in total. The topological polar surface area (TPSA) is 66.5 Å². The number of carbonyl (C=O) groups is 1. The van der Waals surface area contributed by atoms with Crippen molar-refractivity contribution in [1.29, 1.82) is 0 Å². The highest BCUT2D eigenvalue weighted by atomic mass is 32.2. The number of carbonyl (C=O) groups excluding carboxylic acids is 1. The molecule has 0 heterocycles. The normalized spacial score (nSPS) is 11.8. The van der Waals surface area contributed by atoms with Gasteiger partial charge in [0.15, 0.2) is 0 Å². The van der Waals surface area contributed by atoms with Crippen LogP contribution in [-0.2, 0) is 14.8 Å². The van der Waals surface area contributed by atoms with Gasteiger partial charge >= 0.3 is 0 Å². The number of amides is 1. The van der Waals surface area contributed by atoms with Crippen molar-refractivity contribution in [3.05, 3.63) is 65.7 Å². The molecule has 0 aliphatic carbocycles. The Balaban J connectivity index is 2.06. The van der Waals surface area contributed by atoms with Gasteiger partial charge in [0.2, 0.25) is 15.9 Å². The molecule has 1 N–H and O–H groups in total. The molecule has 0 aliphatic rings. The number of nitrogens with zero attached hydrogens (tertiary/aromatic N) is 1. The second kappa shape index (κ2) is 8.78. The minimum Gasteiger partial charge on any atom is -0.323 e. The molecule has 0 aromatic heterocycles. The first-order valence-corrected chi connectivity index (χ1v) is 9.96. The van der Waals surface area contributed by atoms with Crippen molar-refractivity contribution in [2.45, 2.75) is 25.7 Å². The van der Waals surface area contributed by atoms with E-state index >= 15 is 0 Å². The molecule has 2 rings (SSSR count). The molecule has 0 bridgehead atoms. The molecule has 0 saturated heterocycles. The molecular formula is C20H24N2O3S. The summed E-state index contributed by atoms with van der Waals surface area (Å²) in [5.41, 5.74) is 2.56. The summed E-state index contributed by atoms with van der Waals surface area (Å²) in [4.78, 5) is 12.2. The van der Waals surface area contributed by atoms with Crippen molar-refractivity contribution < 1.29 is 13.2 Å². The molecule has 0 fully saturated rings. The van der Waals surface area contributed by atoms with Gasteiger partial charge in [-0.05, 0) is 48.4 Å². The lowest BCUT2D eigenvalue weighted by atomic mass is 10.2. The zero-order valence-corrected chi connectivity index (χ0v) is 16.1. The third-order valence-electron chi connectivity index (χ3n) is 3.94. The maximum atomic E-state index is 12.4. The molecule has 2 aromatic rings. The fourth-order valence-corrected chi connectivity index (χ4v) is 4.00. The van der Waals surface area contributed by atoms with Crippen LogP contribution in [0.25, 0.3) is 6.08 Å². The predicted molar refractivity (Wildman–Crippen MR) is 105 cm³/mol. The van der Waals surface area contributed by atoms with Gasteiger partial charge < -0.3 is 5.32 Å². The molecule has 0 radical (unpaired) electrons. The molecule has 0 aliphatic heterocycles. The SMILES string of the molecule is CCN(CC)S(=O)(=O)c1ccc(/C=C/C(=O)Nc2cccc(C)c2)cc1. The Bertz CT molecular complexity index is 884. The molecular weight excluding hydrogens is 348 g/mol. The van der Waals surface area contributed by atoms with Crippen LogP contribution in [-0.4, -0.2) is 31.7 Å². The summed E-state index contributed by atoms with van der Waals surface area (Å²) in [6.07, 6.45) is 3.08. The Morgan fingerprint density at radius 2 is 1.73 bits per heavy atom. The van der Waals surface area contributed by atoms with E-state index in [1.54, 1.807) is 30.3 Å². The van der Waals surface area contributed by atoms with E-state index in [-0.39, 0.29) is 10.8 Å². The van der Waals surface area contributed by atoms with E-state index < -0.39 is 10.0 Å². The number of sulfonamides is 1. The summed E-state index contributed by atoms with van der Waals surface area (Å²) in [5.74, 6) is -0.240. The van der Waals surface area contributed by atoms with Gasteiger partial charge in [0.25, 0.3) is 0 Å². The van der Waals surface area contributed by atoms with Crippen molar-refractivity contribution >= 4 is 27.7 Å². The van der Waals surface area contributed by atoms with Crippen molar-refractivity contribution in [1.82, 2.24) is 4.31 Å². The Morgan fingerprint density at radius 3 is 2.31 bits per heavy atom. The van der Waals surface area contributed by atoms with Crippen LogP contribution in [0, 0.1) is 6.92 Å². The molecule has 138 valence electrons. The van der Waals surface area contributed by atoms with E-state index in [1.807, 2.05) is 45.0 Å². The maximum absolute atomic E-state index is 12.4. The lowest BCUT2D eigenvalue weighted by Crippen LogP contribution is -2.30. The van der Waals surface area contributed by atoms with Gasteiger partial charge in [-0.15, -0.1) is 0 Å². The number of hydrogen-bond donors (Lipinski definition) is 1. The first-order valence-electron chi connectivity index (χ1n) is 8.52. The lowest BCUT2D eigenvalue weighted by molar-refractivity contribution is -0.111. The van der Waals surface area contributed by atoms with Crippen LogP contribution in [0.3, 0.4) is 0 Å². The van der Waals surface area contributed by atoms with Crippen LogP contribution in [0.15, 0.2) is 59.5 Å². The Morgan fingerprint density at radius 1 is 1.08 bits per heavy atom. The van der Waals surface area contributed by atoms with E-state index in [0.717, 1.165) is 16.8 Å². The molecule has 0 atom stereocenters. The van der Waals surface area contributed by atoms with Crippen LogP contribution in [0.5, 0.6) is 0 Å². The minimum absolute atomic E-state index is 0.240. The summed E-state index contributed by atoms with van der Waals surface area (Å²) >= 11 is 0. The quantitative estimate of drug-likeness (QED) is 0.754. The van der Waals surface area contributed by atoms with Crippen LogP contribution in [0.1, 0.15) is 25.0 Å². The zero-order valence-electron chi connectivity index (χ0n) is 15.3. The van der Waals surface area contributed by atoms with Gasteiger partial charge in [-0.25, -0.2) is 8.42 Å². The van der Waals surface area contributed by atoms with Crippen molar-refractivity contribution in [3.63, 3.8) is 0 Å². The summed E-state index contributed by atoms with van der Waals surface area (Å²) in [5, 5.41) is 2.79. The van der Waals surface area contributed by atoms with Crippen LogP contribution in [0.2, 0.25) is 0 Å². The highest BCUT2D eigenvalue weighted by Gasteiger charge is 2.20. The molecule has 26 heavy (non-hydrogen) atoms. The van der Waals surface area contributed by atoms with Crippen molar-refractivity contribution in [2.24, 2.45) is 0 Å². The molecule has 2 aromatic carbocycles. The van der Waals surface area contributed by atoms with E-state index in [9.17, 15) is 13.2 Å². The second-order valence-corrected chi connectivity index (χ2v) is 7.79. The fraction of sp³-hybridized carbons (Fsp3) is 0.250. The number of rotatable bonds is 7. The average Bonchev–Trinajstić information content (AvgIpc) is 2.61. The second-order valence-electron chi connectivity index (χ2n) is 5.85. The molecule has 1 amide bonds. The summed E-state index contributed by atoms with van der Waals surface area (Å²) < 4.78 is 26.3. The van der Waals surface area contributed by atoms with Crippen LogP contribution in [0.4, 0.5) is 5.69 Å². The van der Waals surface area contributed by atoms with Gasteiger partial charge in [-0.1, -0.05) is 38.1 Å². The minimum atomic E-state index is -3.46. The maximum Gasteiger partial charge on any atom is 0.248 e. The van der Waals surface area contributed by atoms with Crippen LogP contribution >= 0.6 is 0 Å². The Labute approximate surface area is 155 Å². The largest absolute Gasteiger partial charge is 0.323 e. The third kappa shape index (κ3) is 5.03. The fourth-order valence-electron chi connectivity index (χ4n) is 2.54.